The first-order valence-corrected chi connectivity index (χ1v) is 14.3. The molecule has 0 spiro atoms. The minimum atomic E-state index is -0.842. The molecule has 0 aromatic carbocycles. The van der Waals surface area contributed by atoms with Gasteiger partial charge in [0.2, 0.25) is 0 Å². The lowest BCUT2D eigenvalue weighted by molar-refractivity contribution is -0.205. The summed E-state index contributed by atoms with van der Waals surface area (Å²) in [6, 6.07) is 0. The van der Waals surface area contributed by atoms with Gasteiger partial charge in [-0.2, -0.15) is 0 Å². The second-order valence-electron chi connectivity index (χ2n) is 15.1. The van der Waals surface area contributed by atoms with E-state index in [1.807, 2.05) is 6.92 Å². The minimum absolute atomic E-state index is 0.0262. The number of fused-ring (bicyclic) bond motifs is 5. The first kappa shape index (κ1) is 27.3. The average molecular weight is 489 g/mol. The van der Waals surface area contributed by atoms with E-state index in [9.17, 15) is 14.7 Å². The Bertz CT molecular complexity index is 871. The van der Waals surface area contributed by atoms with Crippen molar-refractivity contribution < 1.29 is 19.4 Å². The van der Waals surface area contributed by atoms with Gasteiger partial charge in [-0.05, 0) is 106 Å². The summed E-state index contributed by atoms with van der Waals surface area (Å²) in [5, 5.41) is 11.7. The van der Waals surface area contributed by atoms with E-state index < -0.39 is 5.60 Å². The van der Waals surface area contributed by atoms with E-state index in [1.165, 1.54) is 0 Å². The molecule has 4 fully saturated rings. The molecule has 0 aromatic rings. The maximum absolute atomic E-state index is 14.1. The number of Topliss-reactive ketones (excluding diaryl/α,β-unsaturated/α-hetero) is 2. The number of hydrogen-bond acceptors (Lipinski definition) is 4. The smallest absolute Gasteiger partial charge is 0.138 e. The molecule has 0 aromatic heterocycles. The Labute approximate surface area is 214 Å². The van der Waals surface area contributed by atoms with Gasteiger partial charge >= 0.3 is 0 Å². The van der Waals surface area contributed by atoms with Gasteiger partial charge in [0.15, 0.2) is 0 Å². The van der Waals surface area contributed by atoms with Gasteiger partial charge in [0.05, 0.1) is 11.2 Å². The zero-order valence-corrected chi connectivity index (χ0v) is 24.1. The molecule has 0 amide bonds. The number of carbonyl (C=O) groups is 2. The second kappa shape index (κ2) is 8.38. The van der Waals surface area contributed by atoms with Crippen molar-refractivity contribution in [3.8, 4) is 0 Å². The molecule has 8 atom stereocenters. The summed E-state index contributed by atoms with van der Waals surface area (Å²) >= 11 is 0. The summed E-state index contributed by atoms with van der Waals surface area (Å²) in [6.45, 7) is 17.7. The second-order valence-corrected chi connectivity index (χ2v) is 15.1. The Hall–Kier alpha value is -0.740. The standard InChI is InChI=1S/C31H52O4/c1-26(2,35-9)14-10-15-31(8,34)20-11-17-30(7)25(20)21(32)19-23-28(5)16-13-24(33)27(3,4)22(28)12-18-29(23,30)6/h20,22-23,25,34H,10-19H2,1-9H3/t20-,22-,23+,25-,28-,29+,30+,31+/m0/s1. The first-order valence-electron chi connectivity index (χ1n) is 14.3. The molecule has 0 bridgehead atoms. The highest BCUT2D eigenvalue weighted by Crippen LogP contribution is 2.74. The highest BCUT2D eigenvalue weighted by Gasteiger charge is 2.71. The van der Waals surface area contributed by atoms with E-state index in [2.05, 4.69) is 48.5 Å². The maximum Gasteiger partial charge on any atom is 0.138 e. The molecule has 35 heavy (non-hydrogen) atoms. The average Bonchev–Trinajstić information content (AvgIpc) is 3.14. The zero-order chi connectivity index (χ0) is 26.2. The van der Waals surface area contributed by atoms with Crippen LogP contribution in [0, 0.1) is 45.3 Å². The van der Waals surface area contributed by atoms with Crippen LogP contribution in [0.4, 0.5) is 0 Å². The molecule has 4 rings (SSSR count). The van der Waals surface area contributed by atoms with Crippen LogP contribution in [0.3, 0.4) is 0 Å². The molecular formula is C31H52O4. The van der Waals surface area contributed by atoms with E-state index >= 15 is 0 Å². The van der Waals surface area contributed by atoms with Crippen LogP contribution in [0.1, 0.15) is 120 Å². The van der Waals surface area contributed by atoms with Crippen molar-refractivity contribution in [2.45, 2.75) is 131 Å². The van der Waals surface area contributed by atoms with Crippen molar-refractivity contribution in [1.82, 2.24) is 0 Å². The van der Waals surface area contributed by atoms with E-state index in [0.717, 1.165) is 44.9 Å². The van der Waals surface area contributed by atoms with Gasteiger partial charge in [-0.1, -0.05) is 34.6 Å². The van der Waals surface area contributed by atoms with Gasteiger partial charge in [0.25, 0.3) is 0 Å². The molecule has 4 saturated carbocycles. The Morgan fingerprint density at radius 3 is 2.17 bits per heavy atom. The minimum Gasteiger partial charge on any atom is -0.390 e. The van der Waals surface area contributed by atoms with Gasteiger partial charge in [0.1, 0.15) is 11.6 Å². The van der Waals surface area contributed by atoms with Gasteiger partial charge < -0.3 is 9.84 Å². The molecule has 0 unspecified atom stereocenters. The quantitative estimate of drug-likeness (QED) is 0.448. The topological polar surface area (TPSA) is 63.6 Å². The molecule has 200 valence electrons. The predicted molar refractivity (Wildman–Crippen MR) is 140 cm³/mol. The molecule has 4 aliphatic rings. The normalized spacial score (nSPS) is 44.9. The van der Waals surface area contributed by atoms with E-state index in [4.69, 9.17) is 4.74 Å². The Morgan fingerprint density at radius 1 is 0.914 bits per heavy atom. The lowest BCUT2D eigenvalue weighted by Crippen LogP contribution is -2.65. The van der Waals surface area contributed by atoms with Crippen LogP contribution in [0.15, 0.2) is 0 Å². The highest BCUT2D eigenvalue weighted by atomic mass is 16.5. The predicted octanol–water partition coefficient (Wildman–Crippen LogP) is 6.77. The summed E-state index contributed by atoms with van der Waals surface area (Å²) in [4.78, 5) is 26.9. The van der Waals surface area contributed by atoms with Crippen LogP contribution in [-0.4, -0.2) is 35.0 Å². The SMILES string of the molecule is COC(C)(C)CCC[C@@](C)(O)[C@H]1CC[C@]2(C)[C@@H]1C(=O)C[C@@H]1[C@@]3(C)CCC(=O)C(C)(C)[C@@H]3CC[C@]12C. The molecule has 0 aliphatic heterocycles. The lowest BCUT2D eigenvalue weighted by Gasteiger charge is -2.68. The Balaban J connectivity index is 1.61. The zero-order valence-electron chi connectivity index (χ0n) is 24.1. The van der Waals surface area contributed by atoms with E-state index in [0.29, 0.717) is 42.7 Å². The number of rotatable bonds is 6. The van der Waals surface area contributed by atoms with Gasteiger partial charge in [-0.3, -0.25) is 9.59 Å². The Kier molecular flexibility index (Phi) is 6.54. The third-order valence-electron chi connectivity index (χ3n) is 12.7. The molecule has 1 N–H and O–H groups in total. The monoisotopic (exact) mass is 488 g/mol. The summed E-state index contributed by atoms with van der Waals surface area (Å²) in [5.74, 6) is 1.42. The largest absolute Gasteiger partial charge is 0.390 e. The van der Waals surface area contributed by atoms with Gasteiger partial charge in [-0.25, -0.2) is 0 Å². The summed E-state index contributed by atoms with van der Waals surface area (Å²) in [7, 11) is 1.75. The van der Waals surface area contributed by atoms with Crippen LogP contribution in [0.5, 0.6) is 0 Å². The fourth-order valence-corrected chi connectivity index (χ4v) is 10.1. The van der Waals surface area contributed by atoms with Crippen molar-refractivity contribution in [3.05, 3.63) is 0 Å². The molecule has 0 saturated heterocycles. The number of carbonyl (C=O) groups excluding carboxylic acids is 2. The maximum atomic E-state index is 14.1. The number of ketones is 2. The van der Waals surface area contributed by atoms with Crippen molar-refractivity contribution in [1.29, 1.82) is 0 Å². The van der Waals surface area contributed by atoms with Crippen molar-refractivity contribution in [3.63, 3.8) is 0 Å². The molecule has 4 aliphatic carbocycles. The van der Waals surface area contributed by atoms with Crippen molar-refractivity contribution in [2.24, 2.45) is 45.3 Å². The fourth-order valence-electron chi connectivity index (χ4n) is 10.1. The van der Waals surface area contributed by atoms with Crippen LogP contribution in [0.2, 0.25) is 0 Å². The number of methoxy groups -OCH3 is 1. The number of hydrogen-bond donors (Lipinski definition) is 1. The van der Waals surface area contributed by atoms with Crippen LogP contribution in [-0.2, 0) is 14.3 Å². The number of ether oxygens (including phenoxy) is 1. The third-order valence-corrected chi connectivity index (χ3v) is 12.7. The first-order chi connectivity index (χ1) is 16.0. The summed E-state index contributed by atoms with van der Waals surface area (Å²) in [5.41, 5.74) is -1.33. The van der Waals surface area contributed by atoms with Crippen molar-refractivity contribution >= 4 is 11.6 Å². The fraction of sp³-hybridized carbons (Fsp3) is 0.935. The van der Waals surface area contributed by atoms with Crippen LogP contribution < -0.4 is 0 Å². The lowest BCUT2D eigenvalue weighted by atomic mass is 9.35. The summed E-state index contributed by atoms with van der Waals surface area (Å²) < 4.78 is 5.59. The van der Waals surface area contributed by atoms with Gasteiger partial charge in [0, 0.05) is 31.3 Å². The van der Waals surface area contributed by atoms with E-state index in [-0.39, 0.29) is 39.1 Å². The number of aliphatic hydroxyl groups is 1. The van der Waals surface area contributed by atoms with Crippen LogP contribution >= 0.6 is 0 Å². The van der Waals surface area contributed by atoms with Crippen molar-refractivity contribution in [2.75, 3.05) is 7.11 Å². The van der Waals surface area contributed by atoms with Crippen LogP contribution in [0.25, 0.3) is 0 Å². The highest BCUT2D eigenvalue weighted by molar-refractivity contribution is 5.86. The molecule has 0 heterocycles. The molecule has 4 heteroatoms. The molecule has 4 nitrogen and oxygen atoms in total. The molecule has 0 radical (unpaired) electrons. The third kappa shape index (κ3) is 3.90. The van der Waals surface area contributed by atoms with E-state index in [1.54, 1.807) is 7.11 Å². The summed E-state index contributed by atoms with van der Waals surface area (Å²) in [6.07, 6.45) is 8.81. The Morgan fingerprint density at radius 2 is 1.54 bits per heavy atom. The van der Waals surface area contributed by atoms with Gasteiger partial charge in [-0.15, -0.1) is 0 Å². The molecular weight excluding hydrogens is 436 g/mol.